The van der Waals surface area contributed by atoms with Gasteiger partial charge in [-0.1, -0.05) is 156 Å². The number of hydrogen-bond donors (Lipinski definition) is 0. The van der Waals surface area contributed by atoms with Crippen LogP contribution in [0.4, 0.5) is 0 Å². The highest BCUT2D eigenvalue weighted by atomic mass is 16.5. The Morgan fingerprint density at radius 2 is 1.32 bits per heavy atom. The highest BCUT2D eigenvalue weighted by Crippen LogP contribution is 2.38. The summed E-state index contributed by atoms with van der Waals surface area (Å²) in [6.45, 7) is 10.7. The molecule has 0 saturated carbocycles. The molecule has 0 aliphatic heterocycles. The number of imidazole rings is 1. The number of pyridine rings is 1. The van der Waals surface area contributed by atoms with Gasteiger partial charge >= 0.3 is 0 Å². The number of fused-ring (bicyclic) bond motifs is 4. The Bertz CT molecular complexity index is 3650. The summed E-state index contributed by atoms with van der Waals surface area (Å²) < 4.78 is 99.8. The topological polar surface area (TPSA) is 35.9 Å². The second-order valence-electron chi connectivity index (χ2n) is 16.2. The van der Waals surface area contributed by atoms with Gasteiger partial charge < -0.3 is 4.74 Å². The molecule has 3 aromatic heterocycles. The zero-order valence-corrected chi connectivity index (χ0v) is 33.8. The van der Waals surface area contributed by atoms with Crippen LogP contribution in [-0.2, 0) is 5.41 Å². The van der Waals surface area contributed by atoms with E-state index >= 15 is 0 Å². The van der Waals surface area contributed by atoms with Crippen molar-refractivity contribution in [3.63, 3.8) is 0 Å². The molecule has 0 radical (unpaired) electrons. The summed E-state index contributed by atoms with van der Waals surface area (Å²) >= 11 is 0. The molecule has 0 amide bonds. The molecule has 0 bridgehead atoms. The van der Waals surface area contributed by atoms with Crippen LogP contribution in [0.2, 0.25) is 0 Å². The van der Waals surface area contributed by atoms with Gasteiger partial charge in [0, 0.05) is 23.0 Å². The van der Waals surface area contributed by atoms with Crippen molar-refractivity contribution >= 4 is 32.8 Å². The summed E-state index contributed by atoms with van der Waals surface area (Å²) in [6, 6.07) is 31.6. The van der Waals surface area contributed by atoms with Gasteiger partial charge in [0.05, 0.1) is 47.1 Å². The van der Waals surface area contributed by atoms with Crippen LogP contribution in [0.25, 0.3) is 72.3 Å². The Morgan fingerprint density at radius 3 is 2.02 bits per heavy atom. The fourth-order valence-corrected chi connectivity index (χ4v) is 7.91. The summed E-state index contributed by atoms with van der Waals surface area (Å²) in [5.74, 6) is 2.00. The lowest BCUT2D eigenvalue weighted by Gasteiger charge is -2.20. The monoisotopic (exact) mass is 788 g/mol. The molecule has 0 fully saturated rings. The molecular formula is C55H46N4O. The molecule has 0 unspecified atom stereocenters. The van der Waals surface area contributed by atoms with E-state index in [2.05, 4.69) is 75.8 Å². The standard InChI is InChI=1S/C55H46N4O/c1-37(2)40-31-42(34-44(32-40)60-43-27-28-48-47-21-12-13-24-49(47)59(52(48)35-43)53-33-41(29-30-56-53)55(3,4)5)57-36-58(51-26-15-14-25-50(51)57)54-45(38-17-8-6-9-18-38)22-16-23-46(54)39-19-10-7-11-20-39/h6-35,37H,1-5H3/i6D,7D,8D,9D,10D,11D,17D,18D,19D,20D. The van der Waals surface area contributed by atoms with Crippen molar-refractivity contribution in [3.05, 3.63) is 199 Å². The van der Waals surface area contributed by atoms with Crippen LogP contribution >= 0.6 is 0 Å². The van der Waals surface area contributed by atoms with Crippen LogP contribution in [0.15, 0.2) is 182 Å². The van der Waals surface area contributed by atoms with Crippen molar-refractivity contribution in [2.75, 3.05) is 0 Å². The average molecular weight is 789 g/mol. The van der Waals surface area contributed by atoms with Crippen molar-refractivity contribution in [2.45, 2.75) is 46.0 Å². The third kappa shape index (κ3) is 6.62. The number of nitrogens with zero attached hydrogens (tertiary/aromatic N) is 4. The lowest BCUT2D eigenvalue weighted by atomic mass is 9.88. The summed E-state index contributed by atoms with van der Waals surface area (Å²) in [7, 11) is 0. The first-order chi connectivity index (χ1) is 33.3. The van der Waals surface area contributed by atoms with Crippen LogP contribution in [-0.4, -0.2) is 14.1 Å². The van der Waals surface area contributed by atoms with Gasteiger partial charge in [0.1, 0.15) is 17.3 Å². The number of aromatic nitrogens is 4. The van der Waals surface area contributed by atoms with E-state index in [1.807, 2.05) is 77.5 Å². The molecule has 5 nitrogen and oxygen atoms in total. The predicted molar refractivity (Wildman–Crippen MR) is 246 cm³/mol. The van der Waals surface area contributed by atoms with E-state index in [1.54, 1.807) is 22.8 Å². The Balaban J connectivity index is 1.19. The first kappa shape index (κ1) is 27.4. The lowest BCUT2D eigenvalue weighted by Crippen LogP contribution is -2.31. The first-order valence-electron chi connectivity index (χ1n) is 24.9. The third-order valence-corrected chi connectivity index (χ3v) is 10.9. The van der Waals surface area contributed by atoms with E-state index < -0.39 is 60.4 Å². The second-order valence-corrected chi connectivity index (χ2v) is 16.2. The second kappa shape index (κ2) is 14.9. The minimum absolute atomic E-state index is 0.0583. The maximum Gasteiger partial charge on any atom is 0.269 e. The fraction of sp³-hybridized carbons (Fsp3) is 0.127. The predicted octanol–water partition coefficient (Wildman–Crippen LogP) is 13.7. The Kier molecular flexibility index (Phi) is 6.79. The summed E-state index contributed by atoms with van der Waals surface area (Å²) in [5.41, 5.74) is 6.14. The van der Waals surface area contributed by atoms with Crippen LogP contribution in [0.1, 0.15) is 65.4 Å². The molecule has 292 valence electrons. The SMILES string of the molecule is [2H]c1c([2H])c([2H])c(-c2cccc(-c3c([2H])c([2H])c([2H])c([2H])c3[2H])c2-[n+]2[c-]n(-c3cc(Oc4ccc5c6ccccc6n(-c6cc(C(C)(C)C)ccn6)c5c4)cc(C(C)C)c3)c3ccccc32)c([2H])c1[2H]. The Labute approximate surface area is 365 Å². The van der Waals surface area contributed by atoms with Gasteiger partial charge in [-0.25, -0.2) is 4.98 Å². The zero-order valence-electron chi connectivity index (χ0n) is 43.8. The van der Waals surface area contributed by atoms with E-state index in [0.29, 0.717) is 28.2 Å². The fourth-order valence-electron chi connectivity index (χ4n) is 7.91. The smallest absolute Gasteiger partial charge is 0.269 e. The third-order valence-electron chi connectivity index (χ3n) is 10.9. The van der Waals surface area contributed by atoms with Gasteiger partial charge in [-0.2, -0.15) is 0 Å². The molecule has 3 heterocycles. The normalized spacial score (nSPS) is 14.2. The summed E-state index contributed by atoms with van der Waals surface area (Å²) in [4.78, 5) is 4.85. The Morgan fingerprint density at radius 1 is 0.650 bits per heavy atom. The first-order valence-corrected chi connectivity index (χ1v) is 19.9. The maximum atomic E-state index is 9.05. The van der Waals surface area contributed by atoms with Crippen LogP contribution in [0, 0.1) is 6.33 Å². The van der Waals surface area contributed by atoms with Gasteiger partial charge in [0.2, 0.25) is 0 Å². The molecule has 5 heteroatoms. The van der Waals surface area contributed by atoms with Gasteiger partial charge in [-0.05, 0) is 93.2 Å². The molecule has 60 heavy (non-hydrogen) atoms. The molecule has 7 aromatic carbocycles. The number of hydrogen-bond acceptors (Lipinski definition) is 2. The minimum Gasteiger partial charge on any atom is -0.458 e. The van der Waals surface area contributed by atoms with E-state index in [1.165, 1.54) is 0 Å². The van der Waals surface area contributed by atoms with E-state index in [9.17, 15) is 0 Å². The van der Waals surface area contributed by atoms with Crippen molar-refractivity contribution < 1.29 is 23.0 Å². The summed E-state index contributed by atoms with van der Waals surface area (Å²) in [5, 5.41) is 2.13. The number of ether oxygens (including phenoxy) is 1. The molecule has 10 aromatic rings. The molecule has 10 rings (SSSR count). The number of benzene rings is 7. The highest BCUT2D eigenvalue weighted by Gasteiger charge is 2.22. The van der Waals surface area contributed by atoms with Crippen LogP contribution < -0.4 is 9.30 Å². The minimum atomic E-state index is -0.564. The van der Waals surface area contributed by atoms with Gasteiger partial charge in [0.15, 0.2) is 0 Å². The lowest BCUT2D eigenvalue weighted by molar-refractivity contribution is -0.571. The van der Waals surface area contributed by atoms with Crippen molar-refractivity contribution in [2.24, 2.45) is 0 Å². The van der Waals surface area contributed by atoms with Gasteiger partial charge in [-0.3, -0.25) is 13.7 Å². The highest BCUT2D eigenvalue weighted by molar-refractivity contribution is 6.09. The summed E-state index contributed by atoms with van der Waals surface area (Å²) in [6.07, 6.45) is 5.35. The van der Waals surface area contributed by atoms with E-state index in [0.717, 1.165) is 38.8 Å². The molecular weight excluding hydrogens is 733 g/mol. The van der Waals surface area contributed by atoms with Gasteiger partial charge in [0.25, 0.3) is 6.33 Å². The quantitative estimate of drug-likeness (QED) is 0.114. The van der Waals surface area contributed by atoms with Crippen molar-refractivity contribution in [1.29, 1.82) is 0 Å². The van der Waals surface area contributed by atoms with E-state index in [4.69, 9.17) is 23.4 Å². The van der Waals surface area contributed by atoms with Crippen molar-refractivity contribution in [1.82, 2.24) is 14.1 Å². The van der Waals surface area contributed by atoms with Gasteiger partial charge in [-0.15, -0.1) is 0 Å². The van der Waals surface area contributed by atoms with Crippen molar-refractivity contribution in [3.8, 4) is 50.9 Å². The molecule has 0 saturated heterocycles. The Hall–Kier alpha value is -7.24. The molecule has 0 atom stereocenters. The van der Waals surface area contributed by atoms with Crippen LogP contribution in [0.5, 0.6) is 11.5 Å². The number of rotatable bonds is 8. The van der Waals surface area contributed by atoms with E-state index in [-0.39, 0.29) is 39.3 Å². The average Bonchev–Trinajstić information content (AvgIpc) is 3.89. The molecule has 0 spiro atoms. The molecule has 0 aliphatic rings. The largest absolute Gasteiger partial charge is 0.458 e. The maximum absolute atomic E-state index is 9.05. The zero-order chi connectivity index (χ0) is 49.7. The van der Waals surface area contributed by atoms with Crippen LogP contribution in [0.3, 0.4) is 0 Å². The molecule has 0 aliphatic carbocycles. The molecule has 0 N–H and O–H groups in total. The number of para-hydroxylation sites is 4.